The second-order valence-corrected chi connectivity index (χ2v) is 16.1. The lowest BCUT2D eigenvalue weighted by Gasteiger charge is -2.18. The van der Waals surface area contributed by atoms with Gasteiger partial charge in [-0.1, -0.05) is 135 Å². The molecule has 1 aliphatic rings. The van der Waals surface area contributed by atoms with Crippen molar-refractivity contribution in [1.29, 1.82) is 0 Å². The van der Waals surface area contributed by atoms with E-state index >= 15 is 0 Å². The van der Waals surface area contributed by atoms with E-state index in [9.17, 15) is 0 Å². The maximum atomic E-state index is 5.25. The Morgan fingerprint density at radius 2 is 0.966 bits per heavy atom. The first-order valence-electron chi connectivity index (χ1n) is 20.9. The van der Waals surface area contributed by atoms with Gasteiger partial charge in [0.2, 0.25) is 0 Å². The lowest BCUT2D eigenvalue weighted by molar-refractivity contribution is 0.667. The largest absolute Gasteiger partial charge is 0.313 e. The highest BCUT2D eigenvalue weighted by molar-refractivity contribution is 6.14. The highest BCUT2D eigenvalue weighted by atomic mass is 15.0. The lowest BCUT2D eigenvalue weighted by atomic mass is 9.95. The zero-order valence-electron chi connectivity index (χ0n) is 33.3. The molecule has 0 saturated carbocycles. The summed E-state index contributed by atoms with van der Waals surface area (Å²) in [5.74, 6) is 2.41. The molecule has 5 heteroatoms. The Hall–Kier alpha value is -7.11. The number of fused-ring (bicyclic) bond motifs is 6. The number of benzene rings is 7. The second-order valence-electron chi connectivity index (χ2n) is 16.1. The van der Waals surface area contributed by atoms with Crippen molar-refractivity contribution in [1.82, 2.24) is 24.1 Å². The van der Waals surface area contributed by atoms with Crippen LogP contribution in [0.2, 0.25) is 0 Å². The summed E-state index contributed by atoms with van der Waals surface area (Å²) in [5, 5.41) is 3.84. The van der Waals surface area contributed by atoms with Crippen LogP contribution >= 0.6 is 0 Å². The van der Waals surface area contributed by atoms with Gasteiger partial charge in [0.1, 0.15) is 0 Å². The molecular weight excluding hydrogens is 719 g/mol. The van der Waals surface area contributed by atoms with Crippen LogP contribution in [-0.4, -0.2) is 24.1 Å². The Morgan fingerprint density at radius 1 is 0.407 bits per heavy atom. The van der Waals surface area contributed by atoms with Gasteiger partial charge in [-0.05, 0) is 102 Å². The molecule has 1 aliphatic carbocycles. The van der Waals surface area contributed by atoms with E-state index in [0.717, 1.165) is 46.3 Å². The van der Waals surface area contributed by atoms with Crippen LogP contribution in [0.5, 0.6) is 0 Å². The van der Waals surface area contributed by atoms with Gasteiger partial charge in [0.15, 0.2) is 17.5 Å². The fourth-order valence-corrected chi connectivity index (χ4v) is 9.19. The molecule has 0 N–H and O–H groups in total. The predicted octanol–water partition coefficient (Wildman–Crippen LogP) is 13.6. The van der Waals surface area contributed by atoms with E-state index in [1.165, 1.54) is 68.1 Å². The molecular formula is C54H43N5. The minimum absolute atomic E-state index is 0.436. The summed E-state index contributed by atoms with van der Waals surface area (Å²) in [5.41, 5.74) is 15.3. The minimum atomic E-state index is 0.436. The van der Waals surface area contributed by atoms with Crippen LogP contribution in [0, 0.1) is 0 Å². The monoisotopic (exact) mass is 761 g/mol. The van der Waals surface area contributed by atoms with Gasteiger partial charge in [-0.3, -0.25) is 0 Å². The van der Waals surface area contributed by atoms with E-state index in [0.29, 0.717) is 23.4 Å². The maximum Gasteiger partial charge on any atom is 0.164 e. The number of rotatable bonds is 7. The minimum Gasteiger partial charge on any atom is -0.313 e. The first-order valence-corrected chi connectivity index (χ1v) is 20.9. The number of aromatic nitrogens is 5. The molecule has 0 radical (unpaired) electrons. The smallest absolute Gasteiger partial charge is 0.164 e. The number of hydrogen-bond acceptors (Lipinski definition) is 3. The van der Waals surface area contributed by atoms with E-state index in [1.54, 1.807) is 0 Å². The Morgan fingerprint density at radius 3 is 1.68 bits per heavy atom. The molecule has 0 amide bonds. The number of aryl methyl sites for hydroxylation is 1. The fraction of sp³-hybridized carbons (Fsp3) is 0.130. The number of hydrogen-bond donors (Lipinski definition) is 0. The van der Waals surface area contributed by atoms with E-state index in [4.69, 9.17) is 15.0 Å². The first-order chi connectivity index (χ1) is 29.1. The van der Waals surface area contributed by atoms with Gasteiger partial charge in [0.25, 0.3) is 0 Å². The zero-order valence-corrected chi connectivity index (χ0v) is 33.3. The summed E-state index contributed by atoms with van der Waals surface area (Å²) < 4.78 is 4.99. The molecule has 10 aromatic rings. The van der Waals surface area contributed by atoms with Crippen molar-refractivity contribution in [3.05, 3.63) is 187 Å². The summed E-state index contributed by atoms with van der Waals surface area (Å²) in [6.45, 7) is 4.44. The quantitative estimate of drug-likeness (QED) is 0.162. The van der Waals surface area contributed by atoms with E-state index in [1.807, 2.05) is 18.2 Å². The average Bonchev–Trinajstić information content (AvgIpc) is 3.80. The fourth-order valence-electron chi connectivity index (χ4n) is 9.19. The molecule has 0 fully saturated rings. The molecule has 7 aromatic carbocycles. The van der Waals surface area contributed by atoms with Crippen LogP contribution in [0.1, 0.15) is 49.4 Å². The van der Waals surface area contributed by atoms with Gasteiger partial charge in [-0.15, -0.1) is 0 Å². The van der Waals surface area contributed by atoms with Gasteiger partial charge in [0.05, 0.1) is 16.6 Å². The van der Waals surface area contributed by atoms with Crippen LogP contribution in [0.3, 0.4) is 0 Å². The number of para-hydroxylation sites is 2. The highest BCUT2D eigenvalue weighted by Gasteiger charge is 2.25. The van der Waals surface area contributed by atoms with Crippen molar-refractivity contribution in [3.8, 4) is 56.7 Å². The molecule has 0 atom stereocenters. The molecule has 11 rings (SSSR count). The normalized spacial score (nSPS) is 12.8. The standard InChI is InChI=1S/C54H43N5/c1-35(2)36-26-28-39(29-27-36)53-55-52(38-18-8-4-9-19-38)56-54(57-53)41-30-40(37-16-6-3-7-17-37)31-43(32-41)59-49-25-15-13-23-45(49)47-33-50-46(34-51(47)59)44-22-12-14-24-48(44)58(50)42-20-10-5-11-21-42/h3-12,14,16-22,24,26-35H,13,15,23,25H2,1-2H3. The Balaban J connectivity index is 1.18. The van der Waals surface area contributed by atoms with Crippen molar-refractivity contribution >= 4 is 32.7 Å². The molecule has 5 nitrogen and oxygen atoms in total. The van der Waals surface area contributed by atoms with Crippen molar-refractivity contribution in [2.24, 2.45) is 0 Å². The van der Waals surface area contributed by atoms with E-state index < -0.39 is 0 Å². The van der Waals surface area contributed by atoms with Crippen molar-refractivity contribution in [2.45, 2.75) is 45.4 Å². The van der Waals surface area contributed by atoms with Gasteiger partial charge < -0.3 is 9.13 Å². The Labute approximate surface area is 344 Å². The summed E-state index contributed by atoms with van der Waals surface area (Å²) in [4.78, 5) is 15.6. The summed E-state index contributed by atoms with van der Waals surface area (Å²) >= 11 is 0. The Bertz CT molecular complexity index is 3160. The SMILES string of the molecule is CC(C)c1ccc(-c2nc(-c3ccccc3)nc(-c3cc(-c4ccccc4)cc(-n4c5c(c6cc7c(cc64)c4ccccc4n7-c4ccccc4)CCCC5)c3)n2)cc1. The van der Waals surface area contributed by atoms with Crippen LogP contribution in [0.25, 0.3) is 89.4 Å². The lowest BCUT2D eigenvalue weighted by Crippen LogP contribution is -2.07. The maximum absolute atomic E-state index is 5.25. The van der Waals surface area contributed by atoms with Gasteiger partial charge >= 0.3 is 0 Å². The van der Waals surface area contributed by atoms with Crippen LogP contribution in [-0.2, 0) is 12.8 Å². The Kier molecular flexibility index (Phi) is 8.54. The number of nitrogens with zero attached hydrogens (tertiary/aromatic N) is 5. The van der Waals surface area contributed by atoms with Crippen LogP contribution < -0.4 is 0 Å². The molecule has 0 spiro atoms. The molecule has 284 valence electrons. The molecule has 59 heavy (non-hydrogen) atoms. The van der Waals surface area contributed by atoms with Gasteiger partial charge in [0, 0.05) is 49.9 Å². The van der Waals surface area contributed by atoms with Crippen molar-refractivity contribution < 1.29 is 0 Å². The van der Waals surface area contributed by atoms with Gasteiger partial charge in [-0.25, -0.2) is 15.0 Å². The molecule has 3 aromatic heterocycles. The second kappa shape index (κ2) is 14.4. The molecule has 0 saturated heterocycles. The summed E-state index contributed by atoms with van der Waals surface area (Å²) in [6, 6.07) is 61.0. The van der Waals surface area contributed by atoms with Crippen molar-refractivity contribution in [3.63, 3.8) is 0 Å². The third-order valence-corrected chi connectivity index (χ3v) is 12.1. The van der Waals surface area contributed by atoms with Gasteiger partial charge in [-0.2, -0.15) is 0 Å². The predicted molar refractivity (Wildman–Crippen MR) is 243 cm³/mol. The summed E-state index contributed by atoms with van der Waals surface area (Å²) in [7, 11) is 0. The zero-order chi connectivity index (χ0) is 39.5. The average molecular weight is 762 g/mol. The molecule has 3 heterocycles. The molecule has 0 unspecified atom stereocenters. The topological polar surface area (TPSA) is 48.5 Å². The van der Waals surface area contributed by atoms with Crippen LogP contribution in [0.4, 0.5) is 0 Å². The van der Waals surface area contributed by atoms with Crippen LogP contribution in [0.15, 0.2) is 170 Å². The highest BCUT2D eigenvalue weighted by Crippen LogP contribution is 2.42. The molecule has 0 bridgehead atoms. The first kappa shape index (κ1) is 35.1. The third kappa shape index (κ3) is 6.13. The van der Waals surface area contributed by atoms with Crippen molar-refractivity contribution in [2.75, 3.05) is 0 Å². The van der Waals surface area contributed by atoms with E-state index in [-0.39, 0.29) is 0 Å². The third-order valence-electron chi connectivity index (χ3n) is 12.1. The molecule has 0 aliphatic heterocycles. The summed E-state index contributed by atoms with van der Waals surface area (Å²) in [6.07, 6.45) is 4.45. The van der Waals surface area contributed by atoms with E-state index in [2.05, 4.69) is 175 Å².